The van der Waals surface area contributed by atoms with E-state index >= 15 is 0 Å². The molecule has 3 rings (SSSR count). The van der Waals surface area contributed by atoms with Gasteiger partial charge in [-0.05, 0) is 12.8 Å². The van der Waals surface area contributed by atoms with Gasteiger partial charge in [-0.2, -0.15) is 0 Å². The lowest BCUT2D eigenvalue weighted by Crippen LogP contribution is -2.71. The van der Waals surface area contributed by atoms with Crippen LogP contribution < -0.4 is 5.32 Å². The maximum atomic E-state index is 12.5. The molecule has 0 unspecified atom stereocenters. The van der Waals surface area contributed by atoms with Crippen LogP contribution in [0.2, 0.25) is 0 Å². The third-order valence-electron chi connectivity index (χ3n) is 4.97. The van der Waals surface area contributed by atoms with Gasteiger partial charge >= 0.3 is 11.9 Å². The normalized spacial score (nSPS) is 26.0. The molecule has 0 aromatic carbocycles. The van der Waals surface area contributed by atoms with E-state index < -0.39 is 29.3 Å². The van der Waals surface area contributed by atoms with Crippen LogP contribution in [0.1, 0.15) is 39.0 Å². The number of β-lactam (4-membered cyclic amide) rings is 1. The third kappa shape index (κ3) is 3.58. The zero-order valence-electron chi connectivity index (χ0n) is 14.5. The molecule has 142 valence electrons. The van der Waals surface area contributed by atoms with Crippen LogP contribution in [0.25, 0.3) is 0 Å². The van der Waals surface area contributed by atoms with Crippen molar-refractivity contribution in [3.8, 4) is 0 Å². The summed E-state index contributed by atoms with van der Waals surface area (Å²) in [5.74, 6) is -2.02. The summed E-state index contributed by atoms with van der Waals surface area (Å²) >= 11 is 1.37. The highest BCUT2D eigenvalue weighted by Crippen LogP contribution is 2.40. The van der Waals surface area contributed by atoms with Crippen LogP contribution in [0.3, 0.4) is 0 Å². The number of amides is 2. The van der Waals surface area contributed by atoms with Gasteiger partial charge in [-0.1, -0.05) is 19.3 Å². The molecule has 2 fully saturated rings. The Bertz CT molecular complexity index is 670. The molecule has 1 aliphatic carbocycles. The molecule has 1 saturated heterocycles. The minimum Gasteiger partial charge on any atom is -0.477 e. The quantitative estimate of drug-likeness (QED) is 0.536. The summed E-state index contributed by atoms with van der Waals surface area (Å²) < 4.78 is 4.89. The molecule has 0 aromatic rings. The molecule has 2 atom stereocenters. The molecule has 9 heteroatoms. The van der Waals surface area contributed by atoms with Gasteiger partial charge in [0.05, 0.1) is 0 Å². The summed E-state index contributed by atoms with van der Waals surface area (Å²) in [5.41, 5.74) is 0.252. The minimum atomic E-state index is -1.23. The van der Waals surface area contributed by atoms with E-state index in [0.717, 1.165) is 32.1 Å². The van der Waals surface area contributed by atoms with Crippen molar-refractivity contribution in [3.05, 3.63) is 11.3 Å². The molecule has 0 bridgehead atoms. The van der Waals surface area contributed by atoms with E-state index in [0.29, 0.717) is 11.3 Å². The van der Waals surface area contributed by atoms with Crippen LogP contribution in [-0.2, 0) is 23.9 Å². The summed E-state index contributed by atoms with van der Waals surface area (Å²) in [6.45, 7) is 1.09. The summed E-state index contributed by atoms with van der Waals surface area (Å²) in [4.78, 5) is 48.7. The Hall–Kier alpha value is -2.03. The number of carboxylic acid groups (broad SMARTS) is 1. The van der Waals surface area contributed by atoms with Gasteiger partial charge < -0.3 is 15.2 Å². The fourth-order valence-corrected chi connectivity index (χ4v) is 4.95. The lowest BCUT2D eigenvalue weighted by molar-refractivity contribution is -0.151. The van der Waals surface area contributed by atoms with Crippen LogP contribution in [0, 0.1) is 5.92 Å². The number of carbonyl (C=O) groups excluding carboxylic acids is 3. The van der Waals surface area contributed by atoms with Crippen molar-refractivity contribution < 1.29 is 29.0 Å². The predicted molar refractivity (Wildman–Crippen MR) is 92.9 cm³/mol. The molecular weight excluding hydrogens is 360 g/mol. The standard InChI is InChI=1S/C17H22N2O6S/c1-9(20)25-7-11-8-26-16-12(15(22)19(16)13(11)17(23)24)18-14(21)10-5-3-2-4-6-10/h10,12,16H,2-8H2,1H3,(H,18,21)(H,23,24)/t12-,16-/m1/s1. The molecule has 2 aliphatic heterocycles. The van der Waals surface area contributed by atoms with Crippen molar-refractivity contribution in [1.29, 1.82) is 0 Å². The van der Waals surface area contributed by atoms with Crippen molar-refractivity contribution >= 4 is 35.5 Å². The van der Waals surface area contributed by atoms with E-state index in [1.165, 1.54) is 23.6 Å². The fourth-order valence-electron chi connectivity index (χ4n) is 3.62. The summed E-state index contributed by atoms with van der Waals surface area (Å²) in [5, 5.41) is 11.9. The van der Waals surface area contributed by atoms with Gasteiger partial charge in [-0.15, -0.1) is 11.8 Å². The van der Waals surface area contributed by atoms with E-state index in [1.807, 2.05) is 0 Å². The number of ether oxygens (including phenoxy) is 1. The van der Waals surface area contributed by atoms with E-state index in [9.17, 15) is 24.3 Å². The number of rotatable bonds is 5. The average molecular weight is 382 g/mol. The first kappa shape index (κ1) is 18.8. The number of thioether (sulfide) groups is 1. The van der Waals surface area contributed by atoms with E-state index in [2.05, 4.69) is 5.32 Å². The van der Waals surface area contributed by atoms with Crippen molar-refractivity contribution in [1.82, 2.24) is 10.2 Å². The summed E-state index contributed by atoms with van der Waals surface area (Å²) in [7, 11) is 0. The number of hydrogen-bond donors (Lipinski definition) is 2. The number of nitrogens with zero attached hydrogens (tertiary/aromatic N) is 1. The Morgan fingerprint density at radius 1 is 1.27 bits per heavy atom. The second-order valence-electron chi connectivity index (χ2n) is 6.77. The minimum absolute atomic E-state index is 0.0618. The highest BCUT2D eigenvalue weighted by molar-refractivity contribution is 8.00. The number of carboxylic acids is 1. The van der Waals surface area contributed by atoms with Gasteiger partial charge in [0, 0.05) is 24.2 Å². The second kappa shape index (κ2) is 7.69. The van der Waals surface area contributed by atoms with E-state index in [-0.39, 0.29) is 24.1 Å². The van der Waals surface area contributed by atoms with Gasteiger partial charge in [0.1, 0.15) is 23.7 Å². The molecule has 0 spiro atoms. The Balaban J connectivity index is 1.69. The fraction of sp³-hybridized carbons (Fsp3) is 0.647. The topological polar surface area (TPSA) is 113 Å². The highest BCUT2D eigenvalue weighted by atomic mass is 32.2. The number of hydrogen-bond acceptors (Lipinski definition) is 6. The summed E-state index contributed by atoms with van der Waals surface area (Å²) in [6, 6.07) is -0.695. The summed E-state index contributed by atoms with van der Waals surface area (Å²) in [6.07, 6.45) is 4.84. The second-order valence-corrected chi connectivity index (χ2v) is 7.87. The Morgan fingerprint density at radius 3 is 2.58 bits per heavy atom. The van der Waals surface area contributed by atoms with Crippen LogP contribution in [0.15, 0.2) is 11.3 Å². The van der Waals surface area contributed by atoms with Crippen molar-refractivity contribution in [2.75, 3.05) is 12.4 Å². The van der Waals surface area contributed by atoms with E-state index in [1.54, 1.807) is 0 Å². The van der Waals surface area contributed by atoms with Gasteiger partial charge in [0.25, 0.3) is 5.91 Å². The molecule has 2 amide bonds. The zero-order chi connectivity index (χ0) is 18.8. The lowest BCUT2D eigenvalue weighted by atomic mass is 9.88. The lowest BCUT2D eigenvalue weighted by Gasteiger charge is -2.49. The number of aliphatic carboxylic acids is 1. The molecule has 2 heterocycles. The Kier molecular flexibility index (Phi) is 5.55. The predicted octanol–water partition coefficient (Wildman–Crippen LogP) is 0.868. The molecule has 2 N–H and O–H groups in total. The molecule has 3 aliphatic rings. The SMILES string of the molecule is CC(=O)OCC1=C(C(=O)O)N2C(=O)[C@@H](NC(=O)C3CCCCC3)[C@H]2SC1. The highest BCUT2D eigenvalue weighted by Gasteiger charge is 2.54. The number of fused-ring (bicyclic) bond motifs is 1. The van der Waals surface area contributed by atoms with Gasteiger partial charge in [0.2, 0.25) is 5.91 Å². The molecular formula is C17H22N2O6S. The first-order valence-corrected chi connectivity index (χ1v) is 9.78. The monoisotopic (exact) mass is 382 g/mol. The van der Waals surface area contributed by atoms with Crippen molar-refractivity contribution in [2.45, 2.75) is 50.4 Å². The van der Waals surface area contributed by atoms with Gasteiger partial charge in [-0.25, -0.2) is 4.79 Å². The Labute approximate surface area is 155 Å². The molecule has 1 saturated carbocycles. The Morgan fingerprint density at radius 2 is 1.96 bits per heavy atom. The van der Waals surface area contributed by atoms with Crippen molar-refractivity contribution in [2.24, 2.45) is 5.92 Å². The molecule has 8 nitrogen and oxygen atoms in total. The van der Waals surface area contributed by atoms with Crippen LogP contribution in [-0.4, -0.2) is 57.5 Å². The van der Waals surface area contributed by atoms with Gasteiger partial charge in [-0.3, -0.25) is 19.3 Å². The first-order chi connectivity index (χ1) is 12.4. The van der Waals surface area contributed by atoms with Crippen molar-refractivity contribution in [3.63, 3.8) is 0 Å². The average Bonchev–Trinajstić information content (AvgIpc) is 2.63. The largest absolute Gasteiger partial charge is 0.477 e. The molecule has 0 radical (unpaired) electrons. The van der Waals surface area contributed by atoms with Crippen LogP contribution in [0.5, 0.6) is 0 Å². The van der Waals surface area contributed by atoms with Crippen LogP contribution in [0.4, 0.5) is 0 Å². The number of esters is 1. The first-order valence-electron chi connectivity index (χ1n) is 8.74. The third-order valence-corrected chi connectivity index (χ3v) is 6.31. The van der Waals surface area contributed by atoms with Gasteiger partial charge in [0.15, 0.2) is 0 Å². The smallest absolute Gasteiger partial charge is 0.352 e. The van der Waals surface area contributed by atoms with Crippen LogP contribution >= 0.6 is 11.8 Å². The molecule has 0 aromatic heterocycles. The molecule has 26 heavy (non-hydrogen) atoms. The number of nitrogens with one attached hydrogen (secondary N) is 1. The number of carbonyl (C=O) groups is 4. The maximum Gasteiger partial charge on any atom is 0.352 e. The zero-order valence-corrected chi connectivity index (χ0v) is 15.3. The van der Waals surface area contributed by atoms with E-state index in [4.69, 9.17) is 4.74 Å². The maximum absolute atomic E-state index is 12.5.